The molecule has 8 heteroatoms. The lowest BCUT2D eigenvalue weighted by Crippen LogP contribution is -2.47. The molecule has 2 saturated heterocycles. The van der Waals surface area contributed by atoms with E-state index in [1.54, 1.807) is 11.0 Å². The first-order valence-corrected chi connectivity index (χ1v) is 10.3. The third-order valence-electron chi connectivity index (χ3n) is 5.51. The van der Waals surface area contributed by atoms with Crippen molar-refractivity contribution in [1.82, 2.24) is 10.2 Å². The number of hydrogen-bond donors (Lipinski definition) is 2. The van der Waals surface area contributed by atoms with E-state index in [1.807, 2.05) is 13.0 Å². The standard InChI is InChI=1S/C21H28FN3O4/c1-2-3-12-29-21(28)25-10-8-14(9-11-25)15-4-5-17(16(22)13-15)23-18-6-7-19(26)24-20(18)27/h4-5,13-14,18,23H,2-3,6-12H2,1H3,(H,24,26,27). The summed E-state index contributed by atoms with van der Waals surface area (Å²) < 4.78 is 19.8. The van der Waals surface area contributed by atoms with E-state index in [-0.39, 0.29) is 30.0 Å². The van der Waals surface area contributed by atoms with Crippen molar-refractivity contribution < 1.29 is 23.5 Å². The molecule has 2 heterocycles. The second-order valence-electron chi connectivity index (χ2n) is 7.62. The highest BCUT2D eigenvalue weighted by Crippen LogP contribution is 2.30. The zero-order valence-electron chi connectivity index (χ0n) is 16.7. The molecule has 158 valence electrons. The van der Waals surface area contributed by atoms with Crippen LogP contribution in [-0.2, 0) is 14.3 Å². The van der Waals surface area contributed by atoms with Gasteiger partial charge in [0.1, 0.15) is 11.9 Å². The number of rotatable bonds is 6. The second-order valence-corrected chi connectivity index (χ2v) is 7.62. The molecular formula is C21H28FN3O4. The summed E-state index contributed by atoms with van der Waals surface area (Å²) in [5.41, 5.74) is 1.13. The first-order valence-electron chi connectivity index (χ1n) is 10.3. The van der Waals surface area contributed by atoms with Crippen LogP contribution in [0, 0.1) is 5.82 Å². The molecule has 29 heavy (non-hydrogen) atoms. The average Bonchev–Trinajstić information content (AvgIpc) is 2.71. The van der Waals surface area contributed by atoms with Crippen molar-refractivity contribution >= 4 is 23.6 Å². The lowest BCUT2D eigenvalue weighted by atomic mass is 9.89. The Hall–Kier alpha value is -2.64. The monoisotopic (exact) mass is 405 g/mol. The fraction of sp³-hybridized carbons (Fsp3) is 0.571. The van der Waals surface area contributed by atoms with Crippen molar-refractivity contribution in [3.05, 3.63) is 29.6 Å². The average molecular weight is 405 g/mol. The Labute approximate surface area is 170 Å². The normalized spacial score (nSPS) is 20.3. The van der Waals surface area contributed by atoms with Gasteiger partial charge >= 0.3 is 6.09 Å². The van der Waals surface area contributed by atoms with Gasteiger partial charge in [0.25, 0.3) is 0 Å². The summed E-state index contributed by atoms with van der Waals surface area (Å²) in [4.78, 5) is 36.8. The van der Waals surface area contributed by atoms with Gasteiger partial charge in [-0.3, -0.25) is 14.9 Å². The number of nitrogens with one attached hydrogen (secondary N) is 2. The van der Waals surface area contributed by atoms with Gasteiger partial charge in [-0.2, -0.15) is 0 Å². The van der Waals surface area contributed by atoms with Crippen molar-refractivity contribution in [1.29, 1.82) is 0 Å². The van der Waals surface area contributed by atoms with Gasteiger partial charge in [-0.1, -0.05) is 19.4 Å². The Morgan fingerprint density at radius 2 is 2.03 bits per heavy atom. The zero-order chi connectivity index (χ0) is 20.8. The van der Waals surface area contributed by atoms with Crippen molar-refractivity contribution in [2.24, 2.45) is 0 Å². The molecule has 1 aromatic carbocycles. The van der Waals surface area contributed by atoms with Gasteiger partial charge in [0, 0.05) is 19.5 Å². The number of nitrogens with zero attached hydrogens (tertiary/aromatic N) is 1. The maximum absolute atomic E-state index is 14.6. The third kappa shape index (κ3) is 5.46. The maximum atomic E-state index is 14.6. The van der Waals surface area contributed by atoms with E-state index in [0.29, 0.717) is 26.1 Å². The summed E-state index contributed by atoms with van der Waals surface area (Å²) in [6.07, 6.45) is 3.66. The zero-order valence-corrected chi connectivity index (χ0v) is 16.7. The van der Waals surface area contributed by atoms with Crippen molar-refractivity contribution in [3.8, 4) is 0 Å². The Bertz CT molecular complexity index is 762. The molecule has 3 rings (SSSR count). The molecule has 0 radical (unpaired) electrons. The van der Waals surface area contributed by atoms with Crippen LogP contribution in [0.4, 0.5) is 14.9 Å². The van der Waals surface area contributed by atoms with Crippen LogP contribution in [0.2, 0.25) is 0 Å². The minimum Gasteiger partial charge on any atom is -0.449 e. The first-order chi connectivity index (χ1) is 14.0. The van der Waals surface area contributed by atoms with Gasteiger partial charge in [-0.25, -0.2) is 9.18 Å². The second kappa shape index (κ2) is 9.71. The molecule has 0 aromatic heterocycles. The summed E-state index contributed by atoms with van der Waals surface area (Å²) >= 11 is 0. The summed E-state index contributed by atoms with van der Waals surface area (Å²) in [6, 6.07) is 4.38. The number of unbranched alkanes of at least 4 members (excludes halogenated alkanes) is 1. The topological polar surface area (TPSA) is 87.7 Å². The number of benzene rings is 1. The van der Waals surface area contributed by atoms with Crippen molar-refractivity contribution in [2.75, 3.05) is 25.0 Å². The van der Waals surface area contributed by atoms with E-state index in [1.165, 1.54) is 6.07 Å². The number of piperidine rings is 2. The quantitative estimate of drug-likeness (QED) is 0.561. The SMILES string of the molecule is CCCCOC(=O)N1CCC(c2ccc(NC3CCC(=O)NC3=O)c(F)c2)CC1. The van der Waals surface area contributed by atoms with E-state index in [0.717, 1.165) is 31.2 Å². The van der Waals surface area contributed by atoms with Crippen LogP contribution < -0.4 is 10.6 Å². The maximum Gasteiger partial charge on any atom is 0.409 e. The molecule has 1 unspecified atom stereocenters. The number of halogens is 1. The molecule has 2 aliphatic rings. The highest BCUT2D eigenvalue weighted by atomic mass is 19.1. The molecule has 1 atom stereocenters. The van der Waals surface area contributed by atoms with E-state index in [9.17, 15) is 18.8 Å². The molecule has 0 bridgehead atoms. The van der Waals surface area contributed by atoms with E-state index < -0.39 is 17.8 Å². The number of carbonyl (C=O) groups is 3. The van der Waals surface area contributed by atoms with Crippen LogP contribution in [0.25, 0.3) is 0 Å². The fourth-order valence-corrected chi connectivity index (χ4v) is 3.71. The van der Waals surface area contributed by atoms with Crippen molar-refractivity contribution in [2.45, 2.75) is 57.4 Å². The van der Waals surface area contributed by atoms with Crippen LogP contribution in [0.1, 0.15) is 56.9 Å². The Kier molecular flexibility index (Phi) is 7.06. The minimum absolute atomic E-state index is 0.175. The molecule has 0 spiro atoms. The van der Waals surface area contributed by atoms with Gasteiger partial charge < -0.3 is 15.0 Å². The molecular weight excluding hydrogens is 377 g/mol. The number of hydrogen-bond acceptors (Lipinski definition) is 5. The van der Waals surface area contributed by atoms with Gasteiger partial charge in [0.2, 0.25) is 11.8 Å². The van der Waals surface area contributed by atoms with E-state index >= 15 is 0 Å². The summed E-state index contributed by atoms with van der Waals surface area (Å²) in [5.74, 6) is -0.977. The fourth-order valence-electron chi connectivity index (χ4n) is 3.71. The summed E-state index contributed by atoms with van der Waals surface area (Å²) in [5, 5.41) is 5.14. The molecule has 3 amide bonds. The van der Waals surface area contributed by atoms with Gasteiger partial charge in [-0.05, 0) is 49.3 Å². The lowest BCUT2D eigenvalue weighted by Gasteiger charge is -2.31. The molecule has 1 aromatic rings. The Morgan fingerprint density at radius 3 is 2.69 bits per heavy atom. The molecule has 2 fully saturated rings. The minimum atomic E-state index is -0.616. The smallest absolute Gasteiger partial charge is 0.409 e. The lowest BCUT2D eigenvalue weighted by molar-refractivity contribution is -0.133. The summed E-state index contributed by atoms with van der Waals surface area (Å²) in [7, 11) is 0. The molecule has 0 saturated carbocycles. The Morgan fingerprint density at radius 1 is 1.28 bits per heavy atom. The van der Waals surface area contributed by atoms with Crippen LogP contribution in [0.5, 0.6) is 0 Å². The molecule has 7 nitrogen and oxygen atoms in total. The predicted octanol–water partition coefficient (Wildman–Crippen LogP) is 3.16. The number of likely N-dealkylation sites (tertiary alicyclic amines) is 1. The number of carbonyl (C=O) groups excluding carboxylic acids is 3. The van der Waals surface area contributed by atoms with Crippen molar-refractivity contribution in [3.63, 3.8) is 0 Å². The molecule has 2 aliphatic heterocycles. The number of imide groups is 1. The van der Waals surface area contributed by atoms with Crippen LogP contribution in [0.15, 0.2) is 18.2 Å². The number of amides is 3. The number of anilines is 1. The van der Waals surface area contributed by atoms with Crippen LogP contribution in [-0.4, -0.2) is 48.5 Å². The molecule has 2 N–H and O–H groups in total. The largest absolute Gasteiger partial charge is 0.449 e. The van der Waals surface area contributed by atoms with E-state index in [2.05, 4.69) is 10.6 Å². The number of ether oxygens (including phenoxy) is 1. The van der Waals surface area contributed by atoms with Crippen LogP contribution in [0.3, 0.4) is 0 Å². The third-order valence-corrected chi connectivity index (χ3v) is 5.51. The van der Waals surface area contributed by atoms with Gasteiger partial charge in [0.05, 0.1) is 12.3 Å². The van der Waals surface area contributed by atoms with Crippen LogP contribution >= 0.6 is 0 Å². The summed E-state index contributed by atoms with van der Waals surface area (Å²) in [6.45, 7) is 3.67. The molecule has 0 aliphatic carbocycles. The van der Waals surface area contributed by atoms with Gasteiger partial charge in [-0.15, -0.1) is 0 Å². The highest BCUT2D eigenvalue weighted by Gasteiger charge is 2.28. The highest BCUT2D eigenvalue weighted by molar-refractivity contribution is 6.01. The predicted molar refractivity (Wildman–Crippen MR) is 106 cm³/mol. The van der Waals surface area contributed by atoms with E-state index in [4.69, 9.17) is 4.74 Å². The van der Waals surface area contributed by atoms with Gasteiger partial charge in [0.15, 0.2) is 0 Å². The Balaban J connectivity index is 1.53. The first kappa shape index (κ1) is 21.1.